The quantitative estimate of drug-likeness (QED) is 0.475. The van der Waals surface area contributed by atoms with Crippen molar-refractivity contribution in [2.75, 3.05) is 0 Å². The molecule has 88 valence electrons. The van der Waals surface area contributed by atoms with Crippen LogP contribution in [0.15, 0.2) is 24.3 Å². The normalized spacial score (nSPS) is 9.69. The summed E-state index contributed by atoms with van der Waals surface area (Å²) in [5.41, 5.74) is 1.83. The third-order valence-electron chi connectivity index (χ3n) is 1.22. The number of benzene rings is 1. The van der Waals surface area contributed by atoms with Gasteiger partial charge in [-0.1, -0.05) is 12.1 Å². The van der Waals surface area contributed by atoms with Crippen molar-refractivity contribution in [3.8, 4) is 0 Å². The number of hydrogen-bond acceptors (Lipinski definition) is 4. The van der Waals surface area contributed by atoms with E-state index < -0.39 is 7.82 Å². The summed E-state index contributed by atoms with van der Waals surface area (Å²) >= 11 is 0. The van der Waals surface area contributed by atoms with Gasteiger partial charge in [0.05, 0.1) is 0 Å². The molecule has 2 rings (SSSR count). The third-order valence-corrected chi connectivity index (χ3v) is 1.22. The van der Waals surface area contributed by atoms with E-state index in [1.165, 1.54) is 0 Å². The Balaban J connectivity index is 0.000000280. The Labute approximate surface area is 90.2 Å². The Morgan fingerprint density at radius 1 is 1.06 bits per heavy atom. The second-order valence-corrected chi connectivity index (χ2v) is 3.35. The van der Waals surface area contributed by atoms with Gasteiger partial charge in [0.1, 0.15) is 17.8 Å². The van der Waals surface area contributed by atoms with Crippen LogP contribution in [0, 0.1) is 0 Å². The number of rotatable bonds is 0. The van der Waals surface area contributed by atoms with Gasteiger partial charge in [0.25, 0.3) is 0 Å². The molecule has 0 atom stereocenters. The first-order chi connectivity index (χ1) is 7.47. The molecule has 16 heavy (non-hydrogen) atoms. The molecule has 0 saturated heterocycles. The van der Waals surface area contributed by atoms with Gasteiger partial charge in [-0.2, -0.15) is 15.4 Å². The molecule has 1 aromatic carbocycles. The highest BCUT2D eigenvalue weighted by Crippen LogP contribution is 2.25. The number of hydrogen-bond donors (Lipinski definition) is 4. The van der Waals surface area contributed by atoms with Crippen LogP contribution < -0.4 is 0 Å². The van der Waals surface area contributed by atoms with E-state index >= 15 is 0 Å². The molecule has 0 spiro atoms. The fourth-order valence-electron chi connectivity index (χ4n) is 0.786. The zero-order chi connectivity index (χ0) is 12.6. The minimum Gasteiger partial charge on any atom is -0.307 e. The van der Waals surface area contributed by atoms with Gasteiger partial charge in [0.15, 0.2) is 0 Å². The topological polar surface area (TPSA) is 136 Å². The lowest BCUT2D eigenvalue weighted by atomic mass is 10.3. The lowest BCUT2D eigenvalue weighted by Crippen LogP contribution is -1.66. The van der Waals surface area contributed by atoms with Crippen molar-refractivity contribution in [1.82, 2.24) is 15.4 Å². The molecule has 0 aliphatic carbocycles. The second kappa shape index (κ2) is 6.81. The van der Waals surface area contributed by atoms with E-state index in [0.29, 0.717) is 0 Å². The van der Waals surface area contributed by atoms with Gasteiger partial charge in [-0.15, -0.1) is 0 Å². The molecule has 0 amide bonds. The fraction of sp³-hybridized carbons (Fsp3) is 0. The van der Waals surface area contributed by atoms with Crippen molar-refractivity contribution in [3.63, 3.8) is 0 Å². The maximum absolute atomic E-state index is 8.88. The van der Waals surface area contributed by atoms with E-state index in [1.54, 1.807) is 0 Å². The first-order valence-electron chi connectivity index (χ1n) is 3.79. The number of fused-ring (bicyclic) bond motifs is 1. The summed E-state index contributed by atoms with van der Waals surface area (Å²) < 4.78 is 8.88. The number of carbonyl (C=O) groups excluding carboxylic acids is 1. The van der Waals surface area contributed by atoms with Crippen molar-refractivity contribution in [1.29, 1.82) is 0 Å². The Hall–Kier alpha value is -1.60. The minimum atomic E-state index is -4.64. The van der Waals surface area contributed by atoms with Gasteiger partial charge >= 0.3 is 7.82 Å². The maximum atomic E-state index is 8.88. The van der Waals surface area contributed by atoms with Crippen LogP contribution >= 0.6 is 7.82 Å². The largest absolute Gasteiger partial charge is 0.466 e. The van der Waals surface area contributed by atoms with Gasteiger partial charge in [-0.05, 0) is 12.1 Å². The lowest BCUT2D eigenvalue weighted by molar-refractivity contribution is -0.0980. The number of nitrogens with zero attached hydrogens (tertiary/aromatic N) is 2. The SMILES string of the molecule is C=O.O=P(O)(O)O.c1ccc2n[nH]nc2c1. The summed E-state index contributed by atoms with van der Waals surface area (Å²) in [5.74, 6) is 0. The second-order valence-electron chi connectivity index (χ2n) is 2.33. The van der Waals surface area contributed by atoms with E-state index in [4.69, 9.17) is 24.0 Å². The van der Waals surface area contributed by atoms with Crippen LogP contribution in [-0.2, 0) is 9.36 Å². The molecule has 9 heteroatoms. The van der Waals surface area contributed by atoms with Crippen LogP contribution in [0.5, 0.6) is 0 Å². The first-order valence-corrected chi connectivity index (χ1v) is 5.36. The van der Waals surface area contributed by atoms with Crippen molar-refractivity contribution >= 4 is 25.6 Å². The van der Waals surface area contributed by atoms with E-state index in [1.807, 2.05) is 31.1 Å². The number of nitrogens with one attached hydrogen (secondary N) is 1. The summed E-state index contributed by atoms with van der Waals surface area (Å²) in [6, 6.07) is 7.70. The Bertz CT molecular complexity index is 429. The Morgan fingerprint density at radius 3 is 1.69 bits per heavy atom. The van der Waals surface area contributed by atoms with Crippen LogP contribution in [0.25, 0.3) is 11.0 Å². The highest BCUT2D eigenvalue weighted by Gasteiger charge is 2.00. The molecule has 8 nitrogen and oxygen atoms in total. The van der Waals surface area contributed by atoms with Gasteiger partial charge in [0, 0.05) is 0 Å². The van der Waals surface area contributed by atoms with Crippen molar-refractivity contribution in [2.24, 2.45) is 0 Å². The third kappa shape index (κ3) is 6.80. The number of H-pyrrole nitrogens is 1. The standard InChI is InChI=1S/C6H5N3.CH2O.H3O4P/c1-2-4-6-5(3-1)7-9-8-6;1-2;1-5(2,3)4/h1-4H,(H,7,8,9);1H2;(H3,1,2,3,4). The van der Waals surface area contributed by atoms with Crippen LogP contribution in [-0.4, -0.2) is 36.9 Å². The van der Waals surface area contributed by atoms with Gasteiger partial charge in [-0.3, -0.25) is 0 Å². The Kier molecular flexibility index (Phi) is 6.12. The predicted octanol–water partition coefficient (Wildman–Crippen LogP) is -0.156. The number of carbonyl (C=O) groups is 1. The van der Waals surface area contributed by atoms with E-state index in [-0.39, 0.29) is 0 Å². The molecule has 0 aliphatic heterocycles. The summed E-state index contributed by atoms with van der Waals surface area (Å²) in [5, 5.41) is 10.3. The van der Waals surface area contributed by atoms with Crippen LogP contribution in [0.3, 0.4) is 0 Å². The smallest absolute Gasteiger partial charge is 0.307 e. The van der Waals surface area contributed by atoms with Crippen LogP contribution in [0.1, 0.15) is 0 Å². The Morgan fingerprint density at radius 2 is 1.38 bits per heavy atom. The number of phosphoric acid groups is 1. The average molecular weight is 247 g/mol. The summed E-state index contributed by atoms with van der Waals surface area (Å²) in [4.78, 5) is 29.6. The molecule has 0 fully saturated rings. The van der Waals surface area contributed by atoms with Crippen molar-refractivity contribution < 1.29 is 24.0 Å². The molecule has 1 aromatic heterocycles. The monoisotopic (exact) mass is 247 g/mol. The molecule has 1 heterocycles. The molecule has 0 aliphatic rings. The zero-order valence-electron chi connectivity index (χ0n) is 8.02. The fourth-order valence-corrected chi connectivity index (χ4v) is 0.786. The molecular formula is C7H10N3O5P. The zero-order valence-corrected chi connectivity index (χ0v) is 8.91. The first kappa shape index (κ1) is 14.4. The number of aromatic nitrogens is 3. The van der Waals surface area contributed by atoms with Gasteiger partial charge < -0.3 is 19.5 Å². The maximum Gasteiger partial charge on any atom is 0.466 e. The molecule has 4 N–H and O–H groups in total. The molecule has 0 radical (unpaired) electrons. The van der Waals surface area contributed by atoms with Crippen molar-refractivity contribution in [3.05, 3.63) is 24.3 Å². The predicted molar refractivity (Wildman–Crippen MR) is 55.3 cm³/mol. The number of aromatic amines is 1. The molecule has 2 aromatic rings. The summed E-state index contributed by atoms with van der Waals surface area (Å²) in [7, 11) is -4.64. The van der Waals surface area contributed by atoms with Gasteiger partial charge in [0.2, 0.25) is 0 Å². The van der Waals surface area contributed by atoms with Crippen molar-refractivity contribution in [2.45, 2.75) is 0 Å². The minimum absolute atomic E-state index is 0.914. The average Bonchev–Trinajstić information content (AvgIpc) is 2.66. The molecule has 0 saturated carbocycles. The molecular weight excluding hydrogens is 237 g/mol. The summed E-state index contributed by atoms with van der Waals surface area (Å²) in [6.07, 6.45) is 0. The van der Waals surface area contributed by atoms with E-state index in [9.17, 15) is 0 Å². The molecule has 0 bridgehead atoms. The van der Waals surface area contributed by atoms with Crippen LogP contribution in [0.2, 0.25) is 0 Å². The van der Waals surface area contributed by atoms with Gasteiger partial charge in [-0.25, -0.2) is 4.57 Å². The highest BCUT2D eigenvalue weighted by atomic mass is 31.2. The summed E-state index contributed by atoms with van der Waals surface area (Å²) in [6.45, 7) is 2.00. The number of para-hydroxylation sites is 2. The van der Waals surface area contributed by atoms with Crippen LogP contribution in [0.4, 0.5) is 0 Å². The van der Waals surface area contributed by atoms with E-state index in [0.717, 1.165) is 11.0 Å². The lowest BCUT2D eigenvalue weighted by Gasteiger charge is -1.82. The van der Waals surface area contributed by atoms with E-state index in [2.05, 4.69) is 15.4 Å². The highest BCUT2D eigenvalue weighted by molar-refractivity contribution is 7.45. The molecule has 0 unspecified atom stereocenters.